The Balaban J connectivity index is 1.98. The lowest BCUT2D eigenvalue weighted by Crippen LogP contribution is -2.48. The van der Waals surface area contributed by atoms with Gasteiger partial charge in [0.05, 0.1) is 4.92 Å². The first-order valence-corrected chi connectivity index (χ1v) is 6.50. The van der Waals surface area contributed by atoms with Crippen molar-refractivity contribution < 1.29 is 18.8 Å². The van der Waals surface area contributed by atoms with Crippen LogP contribution in [0.25, 0.3) is 0 Å². The molecule has 1 saturated heterocycles. The molecular weight excluding hydrogens is 281 g/mol. The number of halogens is 1. The number of carbonyl (C=O) groups is 1. The first-order valence-electron chi connectivity index (χ1n) is 6.50. The quantitative estimate of drug-likeness (QED) is 0.609. The highest BCUT2D eigenvalue weighted by Crippen LogP contribution is 2.27. The summed E-state index contributed by atoms with van der Waals surface area (Å²) < 4.78 is 18.3. The first-order chi connectivity index (χ1) is 9.97. The Labute approximate surface area is 121 Å². The summed E-state index contributed by atoms with van der Waals surface area (Å²) in [6.07, 6.45) is 0. The molecule has 0 unspecified atom stereocenters. The highest BCUT2D eigenvalue weighted by atomic mass is 19.1. The second-order valence-corrected chi connectivity index (χ2v) is 4.84. The lowest BCUT2D eigenvalue weighted by atomic mass is 10.3. The third-order valence-corrected chi connectivity index (χ3v) is 3.33. The van der Waals surface area contributed by atoms with Gasteiger partial charge in [-0.3, -0.25) is 14.9 Å². The van der Waals surface area contributed by atoms with Gasteiger partial charge < -0.3 is 14.5 Å². The van der Waals surface area contributed by atoms with Crippen LogP contribution in [0.15, 0.2) is 18.2 Å². The van der Waals surface area contributed by atoms with Crippen molar-refractivity contribution in [3.05, 3.63) is 34.1 Å². The fourth-order valence-corrected chi connectivity index (χ4v) is 2.04. The van der Waals surface area contributed by atoms with E-state index < -0.39 is 10.7 Å². The molecule has 1 aliphatic rings. The van der Waals surface area contributed by atoms with Crippen molar-refractivity contribution in [1.82, 2.24) is 9.80 Å². The molecule has 1 aromatic carbocycles. The summed E-state index contributed by atoms with van der Waals surface area (Å²) in [4.78, 5) is 25.8. The number of nitrogens with zero attached hydrogens (tertiary/aromatic N) is 3. The van der Waals surface area contributed by atoms with E-state index in [1.807, 2.05) is 7.05 Å². The molecule has 0 aromatic heterocycles. The standard InChI is InChI=1S/C13H16FN3O4/c1-15-4-6-16(7-5-15)13(18)9-21-12-8-10(14)2-3-11(12)17(19)20/h2-3,8H,4-7,9H2,1H3. The topological polar surface area (TPSA) is 75.9 Å². The fraction of sp³-hybridized carbons (Fsp3) is 0.462. The van der Waals surface area contributed by atoms with E-state index >= 15 is 0 Å². The van der Waals surface area contributed by atoms with E-state index in [1.54, 1.807) is 4.90 Å². The van der Waals surface area contributed by atoms with Crippen molar-refractivity contribution in [3.8, 4) is 5.75 Å². The minimum absolute atomic E-state index is 0.234. The zero-order chi connectivity index (χ0) is 15.4. The van der Waals surface area contributed by atoms with Gasteiger partial charge >= 0.3 is 5.69 Å². The monoisotopic (exact) mass is 297 g/mol. The summed E-state index contributed by atoms with van der Waals surface area (Å²) in [6, 6.07) is 2.91. The molecule has 7 nitrogen and oxygen atoms in total. The number of rotatable bonds is 4. The van der Waals surface area contributed by atoms with E-state index in [4.69, 9.17) is 4.74 Å². The van der Waals surface area contributed by atoms with Crippen LogP contribution in [0.5, 0.6) is 5.75 Å². The van der Waals surface area contributed by atoms with Crippen LogP contribution < -0.4 is 4.74 Å². The minimum Gasteiger partial charge on any atom is -0.477 e. The molecular formula is C13H16FN3O4. The lowest BCUT2D eigenvalue weighted by molar-refractivity contribution is -0.385. The SMILES string of the molecule is CN1CCN(C(=O)COc2cc(F)ccc2[N+](=O)[O-])CC1. The highest BCUT2D eigenvalue weighted by molar-refractivity contribution is 5.78. The number of amides is 1. The van der Waals surface area contributed by atoms with Gasteiger partial charge in [-0.15, -0.1) is 0 Å². The van der Waals surface area contributed by atoms with Gasteiger partial charge in [-0.1, -0.05) is 0 Å². The molecule has 0 spiro atoms. The summed E-state index contributed by atoms with van der Waals surface area (Å²) in [6.45, 7) is 2.37. The average Bonchev–Trinajstić information content (AvgIpc) is 2.45. The molecule has 1 fully saturated rings. The van der Waals surface area contributed by atoms with Gasteiger partial charge in [0.15, 0.2) is 6.61 Å². The van der Waals surface area contributed by atoms with Gasteiger partial charge in [0.2, 0.25) is 5.75 Å². The summed E-state index contributed by atoms with van der Waals surface area (Å²) >= 11 is 0. The molecule has 0 saturated carbocycles. The molecule has 1 aromatic rings. The molecule has 8 heteroatoms. The predicted molar refractivity (Wildman–Crippen MR) is 72.6 cm³/mol. The Bertz CT molecular complexity index is 544. The number of hydrogen-bond donors (Lipinski definition) is 0. The predicted octanol–water partition coefficient (Wildman–Crippen LogP) is 0.887. The van der Waals surface area contributed by atoms with E-state index in [9.17, 15) is 19.3 Å². The maximum absolute atomic E-state index is 13.1. The van der Waals surface area contributed by atoms with Crippen LogP contribution in [0.2, 0.25) is 0 Å². The van der Waals surface area contributed by atoms with Crippen LogP contribution in [0, 0.1) is 15.9 Å². The molecule has 1 heterocycles. The van der Waals surface area contributed by atoms with Gasteiger partial charge in [0.1, 0.15) is 5.82 Å². The third-order valence-electron chi connectivity index (χ3n) is 3.33. The summed E-state index contributed by atoms with van der Waals surface area (Å²) in [7, 11) is 1.97. The number of carbonyl (C=O) groups excluding carboxylic acids is 1. The molecule has 0 aliphatic carbocycles. The maximum atomic E-state index is 13.1. The van der Waals surface area contributed by atoms with Crippen molar-refractivity contribution in [2.45, 2.75) is 0 Å². The normalized spacial score (nSPS) is 15.8. The van der Waals surface area contributed by atoms with Crippen molar-refractivity contribution in [2.24, 2.45) is 0 Å². The Kier molecular flexibility index (Phi) is 4.69. The van der Waals surface area contributed by atoms with Gasteiger partial charge in [0, 0.05) is 38.3 Å². The van der Waals surface area contributed by atoms with Gasteiger partial charge in [-0.05, 0) is 13.1 Å². The number of benzene rings is 1. The summed E-state index contributed by atoms with van der Waals surface area (Å²) in [5, 5.41) is 10.8. The van der Waals surface area contributed by atoms with Crippen molar-refractivity contribution in [2.75, 3.05) is 39.8 Å². The Hall–Kier alpha value is -2.22. The smallest absolute Gasteiger partial charge is 0.311 e. The van der Waals surface area contributed by atoms with E-state index in [1.165, 1.54) is 0 Å². The summed E-state index contributed by atoms with van der Waals surface area (Å²) in [5.41, 5.74) is -0.359. The second kappa shape index (κ2) is 6.49. The lowest BCUT2D eigenvalue weighted by Gasteiger charge is -2.32. The number of piperazine rings is 1. The molecule has 0 radical (unpaired) electrons. The Morgan fingerprint density at radius 2 is 2.05 bits per heavy atom. The Morgan fingerprint density at radius 3 is 2.67 bits per heavy atom. The van der Waals surface area contributed by atoms with Crippen LogP contribution in [0.1, 0.15) is 0 Å². The number of hydrogen-bond acceptors (Lipinski definition) is 5. The number of ether oxygens (including phenoxy) is 1. The number of nitro benzene ring substituents is 1. The van der Waals surface area contributed by atoms with Crippen LogP contribution in [0.4, 0.5) is 10.1 Å². The summed E-state index contributed by atoms with van der Waals surface area (Å²) in [5.74, 6) is -1.15. The van der Waals surface area contributed by atoms with Gasteiger partial charge in [0.25, 0.3) is 5.91 Å². The average molecular weight is 297 g/mol. The molecule has 1 aliphatic heterocycles. The highest BCUT2D eigenvalue weighted by Gasteiger charge is 2.21. The minimum atomic E-state index is -0.672. The fourth-order valence-electron chi connectivity index (χ4n) is 2.04. The second-order valence-electron chi connectivity index (χ2n) is 4.84. The molecule has 0 bridgehead atoms. The van der Waals surface area contributed by atoms with Crippen LogP contribution in [-0.4, -0.2) is 60.5 Å². The first kappa shape index (κ1) is 15.2. The molecule has 2 rings (SSSR count). The van der Waals surface area contributed by atoms with Crippen LogP contribution in [-0.2, 0) is 4.79 Å². The maximum Gasteiger partial charge on any atom is 0.311 e. The number of likely N-dealkylation sites (N-methyl/N-ethyl adjacent to an activating group) is 1. The van der Waals surface area contributed by atoms with E-state index in [0.717, 1.165) is 31.3 Å². The zero-order valence-electron chi connectivity index (χ0n) is 11.6. The Morgan fingerprint density at radius 1 is 1.38 bits per heavy atom. The molecule has 0 atom stereocenters. The molecule has 21 heavy (non-hydrogen) atoms. The van der Waals surface area contributed by atoms with Gasteiger partial charge in [-0.2, -0.15) is 0 Å². The van der Waals surface area contributed by atoms with Gasteiger partial charge in [-0.25, -0.2) is 4.39 Å². The third kappa shape index (κ3) is 3.88. The van der Waals surface area contributed by atoms with Crippen molar-refractivity contribution >= 4 is 11.6 Å². The van der Waals surface area contributed by atoms with E-state index in [2.05, 4.69) is 4.90 Å². The molecule has 114 valence electrons. The molecule has 1 amide bonds. The molecule has 0 N–H and O–H groups in total. The van der Waals surface area contributed by atoms with Crippen LogP contribution >= 0.6 is 0 Å². The van der Waals surface area contributed by atoms with Crippen molar-refractivity contribution in [1.29, 1.82) is 0 Å². The van der Waals surface area contributed by atoms with Crippen LogP contribution in [0.3, 0.4) is 0 Å². The van der Waals surface area contributed by atoms with E-state index in [-0.39, 0.29) is 24.0 Å². The zero-order valence-corrected chi connectivity index (χ0v) is 11.6. The number of nitro groups is 1. The van der Waals surface area contributed by atoms with Crippen molar-refractivity contribution in [3.63, 3.8) is 0 Å². The largest absolute Gasteiger partial charge is 0.477 e. The van der Waals surface area contributed by atoms with E-state index in [0.29, 0.717) is 13.1 Å².